The molecule has 0 bridgehead atoms. The van der Waals surface area contributed by atoms with Gasteiger partial charge >= 0.3 is 0 Å². The van der Waals surface area contributed by atoms with E-state index < -0.39 is 10.8 Å². The summed E-state index contributed by atoms with van der Waals surface area (Å²) in [4.78, 5) is 0. The predicted octanol–water partition coefficient (Wildman–Crippen LogP) is 1.62. The summed E-state index contributed by atoms with van der Waals surface area (Å²) in [7, 11) is 0.664. The summed E-state index contributed by atoms with van der Waals surface area (Å²) in [6.07, 6.45) is 2.22. The predicted molar refractivity (Wildman–Crippen MR) is 76.8 cm³/mol. The van der Waals surface area contributed by atoms with Crippen molar-refractivity contribution in [1.82, 2.24) is 0 Å². The van der Waals surface area contributed by atoms with E-state index in [1.165, 1.54) is 0 Å². The van der Waals surface area contributed by atoms with Crippen molar-refractivity contribution < 1.29 is 13.7 Å². The molecule has 106 valence electrons. The molecule has 1 aromatic rings. The third-order valence-corrected chi connectivity index (χ3v) is 4.77. The van der Waals surface area contributed by atoms with Gasteiger partial charge in [0.1, 0.15) is 5.75 Å². The van der Waals surface area contributed by atoms with Crippen molar-refractivity contribution in [2.45, 2.75) is 25.0 Å². The van der Waals surface area contributed by atoms with Crippen molar-refractivity contribution in [2.24, 2.45) is 5.73 Å². The maximum Gasteiger partial charge on any atom is 0.123 e. The lowest BCUT2D eigenvalue weighted by atomic mass is 10.1. The van der Waals surface area contributed by atoms with Gasteiger partial charge in [-0.2, -0.15) is 0 Å². The van der Waals surface area contributed by atoms with E-state index in [0.29, 0.717) is 11.5 Å². The molecule has 1 saturated heterocycles. The van der Waals surface area contributed by atoms with Gasteiger partial charge in [0.05, 0.1) is 13.2 Å². The van der Waals surface area contributed by atoms with Crippen LogP contribution in [-0.2, 0) is 15.5 Å². The van der Waals surface area contributed by atoms with Gasteiger partial charge in [-0.1, -0.05) is 18.2 Å². The van der Waals surface area contributed by atoms with Gasteiger partial charge in [0.2, 0.25) is 0 Å². The van der Waals surface area contributed by atoms with Crippen LogP contribution in [-0.4, -0.2) is 35.5 Å². The summed E-state index contributed by atoms with van der Waals surface area (Å²) in [5.41, 5.74) is 7.04. The zero-order chi connectivity index (χ0) is 13.7. The van der Waals surface area contributed by atoms with Crippen molar-refractivity contribution in [1.29, 1.82) is 0 Å². The molecule has 2 N–H and O–H groups in total. The zero-order valence-corrected chi connectivity index (χ0v) is 12.0. The maximum atomic E-state index is 12.1. The molecular formula is C14H21NO3S. The fourth-order valence-corrected chi connectivity index (χ4v) is 3.71. The van der Waals surface area contributed by atoms with E-state index in [1.807, 2.05) is 24.3 Å². The Morgan fingerprint density at radius 3 is 3.00 bits per heavy atom. The van der Waals surface area contributed by atoms with Gasteiger partial charge in [-0.05, 0) is 18.9 Å². The fourth-order valence-electron chi connectivity index (χ4n) is 2.31. The van der Waals surface area contributed by atoms with Crippen molar-refractivity contribution in [3.63, 3.8) is 0 Å². The van der Waals surface area contributed by atoms with Gasteiger partial charge in [0, 0.05) is 40.5 Å². The van der Waals surface area contributed by atoms with Crippen molar-refractivity contribution in [2.75, 3.05) is 25.2 Å². The highest BCUT2D eigenvalue weighted by molar-refractivity contribution is 7.85. The molecule has 1 fully saturated rings. The first-order valence-corrected chi connectivity index (χ1v) is 8.04. The standard InChI is InChI=1S/C14H21NO3S/c1-17-14-7-3-2-6-12(14)13(15)10-19(16)9-11-5-4-8-18-11/h2-3,6-7,11,13H,4-5,8-10,15H2,1H3. The molecule has 1 aromatic carbocycles. The molecule has 0 saturated carbocycles. The second-order valence-corrected chi connectivity index (χ2v) is 6.30. The third kappa shape index (κ3) is 4.03. The number of nitrogens with two attached hydrogens (primary N) is 1. The van der Waals surface area contributed by atoms with E-state index in [1.54, 1.807) is 7.11 Å². The van der Waals surface area contributed by atoms with Crippen LogP contribution < -0.4 is 10.5 Å². The Morgan fingerprint density at radius 1 is 1.53 bits per heavy atom. The largest absolute Gasteiger partial charge is 0.496 e. The molecule has 0 amide bonds. The van der Waals surface area contributed by atoms with E-state index in [-0.39, 0.29) is 12.1 Å². The molecule has 0 spiro atoms. The minimum atomic E-state index is -0.956. The lowest BCUT2D eigenvalue weighted by molar-refractivity contribution is 0.128. The van der Waals surface area contributed by atoms with Gasteiger partial charge in [-0.15, -0.1) is 0 Å². The van der Waals surface area contributed by atoms with Crippen LogP contribution in [0.3, 0.4) is 0 Å². The Morgan fingerprint density at radius 2 is 2.32 bits per heavy atom. The number of para-hydroxylation sites is 1. The SMILES string of the molecule is COc1ccccc1C(N)CS(=O)CC1CCCO1. The average Bonchev–Trinajstić information content (AvgIpc) is 2.91. The van der Waals surface area contributed by atoms with Crippen molar-refractivity contribution in [3.05, 3.63) is 29.8 Å². The van der Waals surface area contributed by atoms with Gasteiger partial charge < -0.3 is 15.2 Å². The highest BCUT2D eigenvalue weighted by Gasteiger charge is 2.21. The summed E-state index contributed by atoms with van der Waals surface area (Å²) in [5.74, 6) is 1.78. The summed E-state index contributed by atoms with van der Waals surface area (Å²) in [6, 6.07) is 7.35. The Balaban J connectivity index is 1.92. The molecule has 1 aliphatic heterocycles. The Bertz CT molecular complexity index is 432. The molecule has 0 radical (unpaired) electrons. The third-order valence-electron chi connectivity index (χ3n) is 3.30. The van der Waals surface area contributed by atoms with Crippen LogP contribution in [0.4, 0.5) is 0 Å². The lowest BCUT2D eigenvalue weighted by Gasteiger charge is -2.16. The quantitative estimate of drug-likeness (QED) is 0.862. The first-order chi connectivity index (χ1) is 9.20. The molecule has 1 aliphatic rings. The fraction of sp³-hybridized carbons (Fsp3) is 0.571. The van der Waals surface area contributed by atoms with Gasteiger partial charge in [0.15, 0.2) is 0 Å². The average molecular weight is 283 g/mol. The Hall–Kier alpha value is -0.910. The van der Waals surface area contributed by atoms with Gasteiger partial charge in [0.25, 0.3) is 0 Å². The summed E-state index contributed by atoms with van der Waals surface area (Å²) >= 11 is 0. The second-order valence-electron chi connectivity index (χ2n) is 4.76. The number of hydrogen-bond donors (Lipinski definition) is 1. The molecule has 5 heteroatoms. The number of ether oxygens (including phenoxy) is 2. The first-order valence-electron chi connectivity index (χ1n) is 6.55. The highest BCUT2D eigenvalue weighted by Crippen LogP contribution is 2.24. The van der Waals surface area contributed by atoms with E-state index in [4.69, 9.17) is 15.2 Å². The molecule has 2 rings (SSSR count). The van der Waals surface area contributed by atoms with E-state index in [2.05, 4.69) is 0 Å². The van der Waals surface area contributed by atoms with E-state index in [0.717, 1.165) is 30.8 Å². The van der Waals surface area contributed by atoms with Crippen molar-refractivity contribution in [3.8, 4) is 5.75 Å². The summed E-state index contributed by atoms with van der Waals surface area (Å²) < 4.78 is 22.9. The molecule has 3 unspecified atom stereocenters. The van der Waals surface area contributed by atoms with Crippen molar-refractivity contribution >= 4 is 10.8 Å². The zero-order valence-electron chi connectivity index (χ0n) is 11.2. The first kappa shape index (κ1) is 14.5. The molecule has 4 nitrogen and oxygen atoms in total. The molecular weight excluding hydrogens is 262 g/mol. The maximum absolute atomic E-state index is 12.1. The van der Waals surface area contributed by atoms with Crippen LogP contribution in [0.1, 0.15) is 24.4 Å². The van der Waals surface area contributed by atoms with E-state index >= 15 is 0 Å². The minimum Gasteiger partial charge on any atom is -0.496 e. The topological polar surface area (TPSA) is 61.5 Å². The summed E-state index contributed by atoms with van der Waals surface area (Å²) in [6.45, 7) is 0.792. The number of hydrogen-bond acceptors (Lipinski definition) is 4. The van der Waals surface area contributed by atoms with Crippen LogP contribution >= 0.6 is 0 Å². The molecule has 0 aromatic heterocycles. The summed E-state index contributed by atoms with van der Waals surface area (Å²) in [5, 5.41) is 0. The van der Waals surface area contributed by atoms with E-state index in [9.17, 15) is 4.21 Å². The molecule has 1 heterocycles. The minimum absolute atomic E-state index is 0.144. The molecule has 19 heavy (non-hydrogen) atoms. The molecule has 3 atom stereocenters. The number of benzene rings is 1. The highest BCUT2D eigenvalue weighted by atomic mass is 32.2. The Kier molecular flexibility index (Phi) is 5.36. The normalized spacial score (nSPS) is 22.1. The molecule has 0 aliphatic carbocycles. The van der Waals surface area contributed by atoms with Crippen LogP contribution in [0.2, 0.25) is 0 Å². The van der Waals surface area contributed by atoms with Gasteiger partial charge in [-0.25, -0.2) is 0 Å². The lowest BCUT2D eigenvalue weighted by Crippen LogP contribution is -2.24. The van der Waals surface area contributed by atoms with Crippen LogP contribution in [0.25, 0.3) is 0 Å². The van der Waals surface area contributed by atoms with Gasteiger partial charge in [-0.3, -0.25) is 4.21 Å². The number of methoxy groups -OCH3 is 1. The van der Waals surface area contributed by atoms with Crippen LogP contribution in [0, 0.1) is 0 Å². The van der Waals surface area contributed by atoms with Crippen LogP contribution in [0.5, 0.6) is 5.75 Å². The monoisotopic (exact) mass is 283 g/mol. The second kappa shape index (κ2) is 7.03. The smallest absolute Gasteiger partial charge is 0.123 e. The van der Waals surface area contributed by atoms with Crippen LogP contribution in [0.15, 0.2) is 24.3 Å². The Labute approximate surface area is 116 Å². The number of rotatable bonds is 6.